The van der Waals surface area contributed by atoms with Crippen molar-refractivity contribution < 1.29 is 4.52 Å². The Labute approximate surface area is 143 Å². The first-order valence-electron chi connectivity index (χ1n) is 7.18. The van der Waals surface area contributed by atoms with Crippen molar-refractivity contribution >= 4 is 23.4 Å². The third kappa shape index (κ3) is 3.56. The van der Waals surface area contributed by atoms with Crippen LogP contribution in [0.3, 0.4) is 0 Å². The molecule has 2 aromatic heterocycles. The zero-order valence-corrected chi connectivity index (χ0v) is 14.4. The number of nitrogens with zero attached hydrogens (tertiary/aromatic N) is 5. The van der Waals surface area contributed by atoms with E-state index in [1.165, 1.54) is 0 Å². The molecule has 8 heteroatoms. The Balaban J connectivity index is 1.79. The summed E-state index contributed by atoms with van der Waals surface area (Å²) in [4.78, 5) is 4.22. The number of rotatable bonds is 6. The maximum absolute atomic E-state index is 5.70. The lowest BCUT2D eigenvalue weighted by Crippen LogP contribution is -1.95. The van der Waals surface area contributed by atoms with Crippen LogP contribution in [0.2, 0.25) is 0 Å². The fourth-order valence-corrected chi connectivity index (χ4v) is 3.24. The fraction of sp³-hybridized carbons (Fsp3) is 0.333. The van der Waals surface area contributed by atoms with Crippen molar-refractivity contribution in [3.63, 3.8) is 0 Å². The Morgan fingerprint density at radius 3 is 2.57 bits per heavy atom. The Bertz CT molecular complexity index is 784. The summed E-state index contributed by atoms with van der Waals surface area (Å²) in [7, 11) is 1.97. The molecule has 0 aliphatic rings. The van der Waals surface area contributed by atoms with Gasteiger partial charge in [0.25, 0.3) is 0 Å². The Morgan fingerprint density at radius 2 is 1.91 bits per heavy atom. The maximum atomic E-state index is 5.70. The lowest BCUT2D eigenvalue weighted by Gasteiger charge is -2.04. The SMILES string of the molecule is Cc1nc(-c2ccc(-c3nnc(SCCCCl)n3C)cc2)no1. The van der Waals surface area contributed by atoms with Crippen molar-refractivity contribution in [2.45, 2.75) is 18.5 Å². The molecule has 1 aromatic carbocycles. The van der Waals surface area contributed by atoms with Crippen molar-refractivity contribution in [3.8, 4) is 22.8 Å². The third-order valence-electron chi connectivity index (χ3n) is 3.27. The average Bonchev–Trinajstić information content (AvgIpc) is 3.15. The first-order valence-corrected chi connectivity index (χ1v) is 8.70. The van der Waals surface area contributed by atoms with Crippen molar-refractivity contribution in [2.24, 2.45) is 7.05 Å². The standard InChI is InChI=1S/C15H16ClN5OS/c1-10-17-13(20-22-10)11-4-6-12(7-5-11)14-18-19-15(21(14)2)23-9-3-8-16/h4-7H,3,8-9H2,1-2H3. The molecule has 6 nitrogen and oxygen atoms in total. The van der Waals surface area contributed by atoms with E-state index in [0.717, 1.165) is 34.3 Å². The summed E-state index contributed by atoms with van der Waals surface area (Å²) in [6.07, 6.45) is 0.952. The maximum Gasteiger partial charge on any atom is 0.223 e. The van der Waals surface area contributed by atoms with E-state index >= 15 is 0 Å². The zero-order chi connectivity index (χ0) is 16.2. The van der Waals surface area contributed by atoms with Gasteiger partial charge in [0.2, 0.25) is 11.7 Å². The summed E-state index contributed by atoms with van der Waals surface area (Å²) in [5.74, 6) is 3.56. The van der Waals surface area contributed by atoms with Crippen LogP contribution < -0.4 is 0 Å². The summed E-state index contributed by atoms with van der Waals surface area (Å²) < 4.78 is 7.00. The van der Waals surface area contributed by atoms with E-state index < -0.39 is 0 Å². The molecule has 0 spiro atoms. The zero-order valence-electron chi connectivity index (χ0n) is 12.9. The van der Waals surface area contributed by atoms with Crippen molar-refractivity contribution in [1.82, 2.24) is 24.9 Å². The molecule has 0 saturated carbocycles. The summed E-state index contributed by atoms with van der Waals surface area (Å²) in [5.41, 5.74) is 1.90. The molecule has 0 bridgehead atoms. The molecular formula is C15H16ClN5OS. The molecule has 0 N–H and O–H groups in total. The average molecular weight is 350 g/mol. The molecule has 0 aliphatic heterocycles. The van der Waals surface area contributed by atoms with Crippen LogP contribution in [0, 0.1) is 6.92 Å². The second-order valence-corrected chi connectivity index (χ2v) is 6.41. The summed E-state index contributed by atoms with van der Waals surface area (Å²) in [6.45, 7) is 1.77. The van der Waals surface area contributed by atoms with Crippen LogP contribution in [-0.4, -0.2) is 36.5 Å². The van der Waals surface area contributed by atoms with Crippen molar-refractivity contribution in [1.29, 1.82) is 0 Å². The van der Waals surface area contributed by atoms with Crippen molar-refractivity contribution in [3.05, 3.63) is 30.2 Å². The van der Waals surface area contributed by atoms with Crippen LogP contribution in [0.4, 0.5) is 0 Å². The van der Waals surface area contributed by atoms with Gasteiger partial charge in [0.05, 0.1) is 0 Å². The van der Waals surface area contributed by atoms with Crippen LogP contribution in [0.1, 0.15) is 12.3 Å². The lowest BCUT2D eigenvalue weighted by atomic mass is 10.1. The summed E-state index contributed by atoms with van der Waals surface area (Å²) >= 11 is 7.36. The molecule has 0 amide bonds. The van der Waals surface area contributed by atoms with E-state index in [-0.39, 0.29) is 0 Å². The number of halogens is 1. The predicted molar refractivity (Wildman–Crippen MR) is 90.5 cm³/mol. The number of alkyl halides is 1. The van der Waals surface area contributed by atoms with E-state index in [4.69, 9.17) is 16.1 Å². The van der Waals surface area contributed by atoms with Crippen LogP contribution in [-0.2, 0) is 7.05 Å². The molecule has 3 aromatic rings. The molecular weight excluding hydrogens is 334 g/mol. The summed E-state index contributed by atoms with van der Waals surface area (Å²) in [6, 6.07) is 7.87. The number of thioether (sulfide) groups is 1. The van der Waals surface area contributed by atoms with Gasteiger partial charge < -0.3 is 9.09 Å². The van der Waals surface area contributed by atoms with Crippen LogP contribution in [0.25, 0.3) is 22.8 Å². The predicted octanol–water partition coefficient (Wildman–Crippen LogP) is 3.56. The van der Waals surface area contributed by atoms with E-state index in [9.17, 15) is 0 Å². The lowest BCUT2D eigenvalue weighted by molar-refractivity contribution is 0.394. The minimum Gasteiger partial charge on any atom is -0.339 e. The van der Waals surface area contributed by atoms with Gasteiger partial charge in [-0.05, 0) is 6.42 Å². The molecule has 3 rings (SSSR count). The molecule has 2 heterocycles. The van der Waals surface area contributed by atoms with Gasteiger partial charge in [-0.1, -0.05) is 41.2 Å². The van der Waals surface area contributed by atoms with Gasteiger partial charge in [0.1, 0.15) is 0 Å². The summed E-state index contributed by atoms with van der Waals surface area (Å²) in [5, 5.41) is 13.3. The third-order valence-corrected chi connectivity index (χ3v) is 4.65. The molecule has 0 atom stereocenters. The second-order valence-electron chi connectivity index (χ2n) is 4.97. The molecule has 0 saturated heterocycles. The van der Waals surface area contributed by atoms with Gasteiger partial charge in [-0.2, -0.15) is 4.98 Å². The number of benzene rings is 1. The van der Waals surface area contributed by atoms with E-state index in [2.05, 4.69) is 20.3 Å². The highest BCUT2D eigenvalue weighted by atomic mass is 35.5. The highest BCUT2D eigenvalue weighted by molar-refractivity contribution is 7.99. The fourth-order valence-electron chi connectivity index (χ4n) is 2.09. The van der Waals surface area contributed by atoms with Crippen LogP contribution in [0.15, 0.2) is 33.9 Å². The van der Waals surface area contributed by atoms with Gasteiger partial charge in [0.15, 0.2) is 11.0 Å². The van der Waals surface area contributed by atoms with E-state index in [1.807, 2.05) is 35.9 Å². The van der Waals surface area contributed by atoms with Crippen LogP contribution >= 0.6 is 23.4 Å². The molecule has 23 heavy (non-hydrogen) atoms. The van der Waals surface area contributed by atoms with Crippen LogP contribution in [0.5, 0.6) is 0 Å². The topological polar surface area (TPSA) is 69.6 Å². The normalized spacial score (nSPS) is 11.1. The first-order chi connectivity index (χ1) is 11.2. The molecule has 0 radical (unpaired) electrons. The number of aryl methyl sites for hydroxylation is 1. The van der Waals surface area contributed by atoms with E-state index in [0.29, 0.717) is 17.6 Å². The highest BCUT2D eigenvalue weighted by Crippen LogP contribution is 2.25. The molecule has 0 aliphatic carbocycles. The Kier molecular flexibility index (Phi) is 4.97. The molecule has 0 unspecified atom stereocenters. The Hall–Kier alpha value is -1.86. The van der Waals surface area contributed by atoms with Gasteiger partial charge >= 0.3 is 0 Å². The number of hydrogen-bond acceptors (Lipinski definition) is 6. The largest absolute Gasteiger partial charge is 0.339 e. The number of aromatic nitrogens is 5. The van der Waals surface area contributed by atoms with Gasteiger partial charge in [-0.3, -0.25) is 0 Å². The number of hydrogen-bond donors (Lipinski definition) is 0. The first kappa shape index (κ1) is 16.0. The van der Waals surface area contributed by atoms with Gasteiger partial charge in [-0.15, -0.1) is 21.8 Å². The van der Waals surface area contributed by atoms with Gasteiger partial charge in [-0.25, -0.2) is 0 Å². The smallest absolute Gasteiger partial charge is 0.223 e. The Morgan fingerprint density at radius 1 is 1.17 bits per heavy atom. The minimum atomic E-state index is 0.552. The molecule has 0 fully saturated rings. The molecule has 120 valence electrons. The van der Waals surface area contributed by atoms with E-state index in [1.54, 1.807) is 18.7 Å². The highest BCUT2D eigenvalue weighted by Gasteiger charge is 2.12. The monoisotopic (exact) mass is 349 g/mol. The van der Waals surface area contributed by atoms with Crippen molar-refractivity contribution in [2.75, 3.05) is 11.6 Å². The van der Waals surface area contributed by atoms with Gasteiger partial charge in [0, 0.05) is 36.7 Å². The second kappa shape index (κ2) is 7.14. The minimum absolute atomic E-state index is 0.552. The quantitative estimate of drug-likeness (QED) is 0.385.